The summed E-state index contributed by atoms with van der Waals surface area (Å²) in [5.74, 6) is 2.13. The number of benzene rings is 1. The number of ether oxygens (including phenoxy) is 3. The van der Waals surface area contributed by atoms with Gasteiger partial charge in [-0.3, -0.25) is 5.10 Å². The number of nitrogens with two attached hydrogens (primary N) is 1. The van der Waals surface area contributed by atoms with Crippen molar-refractivity contribution in [2.75, 3.05) is 32.5 Å². The van der Waals surface area contributed by atoms with Crippen LogP contribution in [-0.2, 0) is 4.74 Å². The van der Waals surface area contributed by atoms with Gasteiger partial charge in [-0.1, -0.05) is 0 Å². The lowest BCUT2D eigenvalue weighted by Gasteiger charge is -2.33. The molecule has 0 bridgehead atoms. The van der Waals surface area contributed by atoms with E-state index in [1.165, 1.54) is 0 Å². The lowest BCUT2D eigenvalue weighted by molar-refractivity contribution is 0.0165. The second kappa shape index (κ2) is 7.54. The molecule has 1 aromatic carbocycles. The van der Waals surface area contributed by atoms with Gasteiger partial charge in [-0.25, -0.2) is 4.79 Å². The van der Waals surface area contributed by atoms with E-state index >= 15 is 0 Å². The van der Waals surface area contributed by atoms with E-state index in [0.717, 1.165) is 23.7 Å². The Hall–Kier alpha value is -2.64. The van der Waals surface area contributed by atoms with Crippen LogP contribution in [0.5, 0.6) is 11.5 Å². The molecule has 0 radical (unpaired) electrons. The second-order valence-electron chi connectivity index (χ2n) is 7.88. The standard InChI is InChI=1S/C19H28N4O4/c1-19(2,3)27-18(24)23-7-5-12(6-8-23)11-26-13-9-14-16(15(10-13)25-4)17(20)22-21-14/h9-10,12H,5-8,11H2,1-4H3,(H3,20,21,22). The van der Waals surface area contributed by atoms with Gasteiger partial charge in [0.25, 0.3) is 0 Å². The van der Waals surface area contributed by atoms with Gasteiger partial charge in [0.1, 0.15) is 17.1 Å². The van der Waals surface area contributed by atoms with E-state index in [0.29, 0.717) is 42.9 Å². The molecule has 0 unspecified atom stereocenters. The fraction of sp³-hybridized carbons (Fsp3) is 0.579. The van der Waals surface area contributed by atoms with Crippen molar-refractivity contribution in [3.8, 4) is 11.5 Å². The molecule has 1 saturated heterocycles. The zero-order chi connectivity index (χ0) is 19.6. The van der Waals surface area contributed by atoms with Crippen molar-refractivity contribution in [3.05, 3.63) is 12.1 Å². The largest absolute Gasteiger partial charge is 0.496 e. The summed E-state index contributed by atoms with van der Waals surface area (Å²) in [6.45, 7) is 7.59. The number of hydrogen-bond acceptors (Lipinski definition) is 6. The molecule has 1 fully saturated rings. The van der Waals surface area contributed by atoms with E-state index in [1.54, 1.807) is 12.0 Å². The van der Waals surface area contributed by atoms with Gasteiger partial charge in [0, 0.05) is 25.2 Å². The predicted octanol–water partition coefficient (Wildman–Crippen LogP) is 3.18. The molecule has 0 atom stereocenters. The summed E-state index contributed by atoms with van der Waals surface area (Å²) in [4.78, 5) is 13.9. The Labute approximate surface area is 158 Å². The van der Waals surface area contributed by atoms with Crippen molar-refractivity contribution in [3.63, 3.8) is 0 Å². The number of H-pyrrole nitrogens is 1. The number of aromatic nitrogens is 2. The summed E-state index contributed by atoms with van der Waals surface area (Å²) in [5.41, 5.74) is 6.18. The lowest BCUT2D eigenvalue weighted by atomic mass is 9.98. The first-order valence-corrected chi connectivity index (χ1v) is 9.19. The van der Waals surface area contributed by atoms with Crippen LogP contribution in [0.25, 0.3) is 10.9 Å². The maximum Gasteiger partial charge on any atom is 0.410 e. The van der Waals surface area contributed by atoms with Crippen molar-refractivity contribution in [2.24, 2.45) is 5.92 Å². The van der Waals surface area contributed by atoms with Gasteiger partial charge < -0.3 is 24.8 Å². The number of carbonyl (C=O) groups is 1. The second-order valence-corrected chi connectivity index (χ2v) is 7.88. The summed E-state index contributed by atoms with van der Waals surface area (Å²) in [6, 6.07) is 3.70. The smallest absolute Gasteiger partial charge is 0.410 e. The first-order chi connectivity index (χ1) is 12.8. The molecule has 0 aliphatic carbocycles. The number of nitrogen functional groups attached to an aromatic ring is 1. The third-order valence-corrected chi connectivity index (χ3v) is 4.60. The van der Waals surface area contributed by atoms with Gasteiger partial charge in [-0.15, -0.1) is 0 Å². The summed E-state index contributed by atoms with van der Waals surface area (Å²) < 4.78 is 16.8. The molecule has 1 aliphatic rings. The molecule has 0 saturated carbocycles. The minimum absolute atomic E-state index is 0.242. The Bertz CT molecular complexity index is 804. The molecule has 1 amide bonds. The molecule has 8 nitrogen and oxygen atoms in total. The lowest BCUT2D eigenvalue weighted by Crippen LogP contribution is -2.42. The molecule has 1 aliphatic heterocycles. The summed E-state index contributed by atoms with van der Waals surface area (Å²) in [5, 5.41) is 7.66. The highest BCUT2D eigenvalue weighted by Crippen LogP contribution is 2.34. The quantitative estimate of drug-likeness (QED) is 0.849. The zero-order valence-corrected chi connectivity index (χ0v) is 16.4. The van der Waals surface area contributed by atoms with Gasteiger partial charge in [-0.05, 0) is 39.5 Å². The van der Waals surface area contributed by atoms with E-state index in [2.05, 4.69) is 10.2 Å². The summed E-state index contributed by atoms with van der Waals surface area (Å²) >= 11 is 0. The third-order valence-electron chi connectivity index (χ3n) is 4.60. The van der Waals surface area contributed by atoms with E-state index in [9.17, 15) is 4.79 Å². The van der Waals surface area contributed by atoms with Crippen molar-refractivity contribution in [1.29, 1.82) is 0 Å². The third kappa shape index (κ3) is 4.56. The molecular formula is C19H28N4O4. The van der Waals surface area contributed by atoms with Crippen molar-refractivity contribution < 1.29 is 19.0 Å². The van der Waals surface area contributed by atoms with E-state index < -0.39 is 5.60 Å². The average molecular weight is 376 g/mol. The van der Waals surface area contributed by atoms with Crippen LogP contribution in [0.2, 0.25) is 0 Å². The maximum absolute atomic E-state index is 12.1. The predicted molar refractivity (Wildman–Crippen MR) is 103 cm³/mol. The topological polar surface area (TPSA) is 103 Å². The number of amides is 1. The Kier molecular flexibility index (Phi) is 5.34. The minimum Gasteiger partial charge on any atom is -0.496 e. The number of nitrogens with zero attached hydrogens (tertiary/aromatic N) is 2. The van der Waals surface area contributed by atoms with E-state index in [-0.39, 0.29) is 6.09 Å². The fourth-order valence-corrected chi connectivity index (χ4v) is 3.19. The molecule has 3 rings (SSSR count). The number of hydrogen-bond donors (Lipinski definition) is 2. The molecule has 148 valence electrons. The Morgan fingerprint density at radius 3 is 2.67 bits per heavy atom. The highest BCUT2D eigenvalue weighted by atomic mass is 16.6. The molecule has 2 heterocycles. The van der Waals surface area contributed by atoms with Crippen molar-refractivity contribution in [2.45, 2.75) is 39.2 Å². The van der Waals surface area contributed by atoms with Gasteiger partial charge >= 0.3 is 6.09 Å². The zero-order valence-electron chi connectivity index (χ0n) is 16.4. The van der Waals surface area contributed by atoms with Crippen LogP contribution >= 0.6 is 0 Å². The number of aromatic amines is 1. The molecule has 8 heteroatoms. The Balaban J connectivity index is 1.55. The average Bonchev–Trinajstić information content (AvgIpc) is 2.99. The number of fused-ring (bicyclic) bond motifs is 1. The summed E-state index contributed by atoms with van der Waals surface area (Å²) in [7, 11) is 1.59. The van der Waals surface area contributed by atoms with E-state index in [4.69, 9.17) is 19.9 Å². The fourth-order valence-electron chi connectivity index (χ4n) is 3.19. The molecular weight excluding hydrogens is 348 g/mol. The highest BCUT2D eigenvalue weighted by molar-refractivity contribution is 5.95. The van der Waals surface area contributed by atoms with Crippen LogP contribution in [0.15, 0.2) is 12.1 Å². The van der Waals surface area contributed by atoms with Gasteiger partial charge in [0.2, 0.25) is 0 Å². The Morgan fingerprint density at radius 1 is 1.33 bits per heavy atom. The molecule has 27 heavy (non-hydrogen) atoms. The number of carbonyl (C=O) groups excluding carboxylic acids is 1. The van der Waals surface area contributed by atoms with Crippen LogP contribution in [0, 0.1) is 5.92 Å². The van der Waals surface area contributed by atoms with Gasteiger partial charge in [0.05, 0.1) is 24.6 Å². The van der Waals surface area contributed by atoms with Crippen LogP contribution in [-0.4, -0.2) is 53.6 Å². The normalized spacial score (nSPS) is 15.8. The Morgan fingerprint density at radius 2 is 2.04 bits per heavy atom. The molecule has 0 spiro atoms. The molecule has 3 N–H and O–H groups in total. The maximum atomic E-state index is 12.1. The van der Waals surface area contributed by atoms with Gasteiger partial charge in [-0.2, -0.15) is 5.10 Å². The minimum atomic E-state index is -0.467. The van der Waals surface area contributed by atoms with Crippen molar-refractivity contribution >= 4 is 22.8 Å². The van der Waals surface area contributed by atoms with Crippen molar-refractivity contribution in [1.82, 2.24) is 15.1 Å². The number of likely N-dealkylation sites (tertiary alicyclic amines) is 1. The number of rotatable bonds is 4. The first kappa shape index (κ1) is 19.1. The highest BCUT2D eigenvalue weighted by Gasteiger charge is 2.27. The number of piperidine rings is 1. The molecule has 1 aromatic heterocycles. The number of anilines is 1. The number of nitrogens with one attached hydrogen (secondary N) is 1. The first-order valence-electron chi connectivity index (χ1n) is 9.19. The van der Waals surface area contributed by atoms with Gasteiger partial charge in [0.15, 0.2) is 5.82 Å². The summed E-state index contributed by atoms with van der Waals surface area (Å²) in [6.07, 6.45) is 1.53. The van der Waals surface area contributed by atoms with Crippen LogP contribution < -0.4 is 15.2 Å². The number of methoxy groups -OCH3 is 1. The van der Waals surface area contributed by atoms with Crippen LogP contribution in [0.3, 0.4) is 0 Å². The van der Waals surface area contributed by atoms with Crippen LogP contribution in [0.4, 0.5) is 10.6 Å². The van der Waals surface area contributed by atoms with Crippen LogP contribution in [0.1, 0.15) is 33.6 Å². The molecule has 2 aromatic rings. The SMILES string of the molecule is COc1cc(OCC2CCN(C(=O)OC(C)(C)C)CC2)cc2[nH]nc(N)c12. The van der Waals surface area contributed by atoms with E-state index in [1.807, 2.05) is 32.9 Å². The monoisotopic (exact) mass is 376 g/mol.